The molecule has 98 valence electrons. The Labute approximate surface area is 107 Å². The van der Waals surface area contributed by atoms with E-state index in [1.807, 2.05) is 6.07 Å². The number of ether oxygens (including phenoxy) is 1. The highest BCUT2D eigenvalue weighted by Gasteiger charge is 2.54. The van der Waals surface area contributed by atoms with Gasteiger partial charge >= 0.3 is 0 Å². The third kappa shape index (κ3) is 1.86. The molecule has 0 bridgehead atoms. The van der Waals surface area contributed by atoms with E-state index in [4.69, 9.17) is 10.5 Å². The van der Waals surface area contributed by atoms with Gasteiger partial charge in [-0.3, -0.25) is 0 Å². The molecule has 18 heavy (non-hydrogen) atoms. The highest BCUT2D eigenvalue weighted by molar-refractivity contribution is 5.32. The van der Waals surface area contributed by atoms with E-state index in [1.54, 1.807) is 12.1 Å². The van der Waals surface area contributed by atoms with Crippen LogP contribution in [0.1, 0.15) is 31.2 Å². The lowest BCUT2D eigenvalue weighted by atomic mass is 9.48. The molecule has 1 aromatic carbocycles. The summed E-state index contributed by atoms with van der Waals surface area (Å²) < 4.78 is 18.8. The Bertz CT molecular complexity index is 432. The van der Waals surface area contributed by atoms with Crippen molar-refractivity contribution < 1.29 is 9.13 Å². The molecule has 3 heteroatoms. The van der Waals surface area contributed by atoms with Gasteiger partial charge in [0.2, 0.25) is 0 Å². The minimum Gasteiger partial charge on any atom is -0.381 e. The van der Waals surface area contributed by atoms with Crippen molar-refractivity contribution in [3.05, 3.63) is 35.6 Å². The predicted octanol–water partition coefficient (Wildman–Crippen LogP) is 2.61. The summed E-state index contributed by atoms with van der Waals surface area (Å²) in [5, 5.41) is 0. The zero-order chi connectivity index (χ0) is 12.6. The van der Waals surface area contributed by atoms with Gasteiger partial charge in [-0.25, -0.2) is 4.39 Å². The molecule has 1 saturated heterocycles. The Morgan fingerprint density at radius 1 is 1.22 bits per heavy atom. The zero-order valence-electron chi connectivity index (χ0n) is 10.6. The molecule has 2 N–H and O–H groups in total. The lowest BCUT2D eigenvalue weighted by molar-refractivity contribution is -0.0715. The number of hydrogen-bond donors (Lipinski definition) is 1. The van der Waals surface area contributed by atoms with E-state index in [0.717, 1.165) is 44.5 Å². The summed E-state index contributed by atoms with van der Waals surface area (Å²) in [5.74, 6) is -0.159. The summed E-state index contributed by atoms with van der Waals surface area (Å²) >= 11 is 0. The van der Waals surface area contributed by atoms with Gasteiger partial charge < -0.3 is 10.5 Å². The molecule has 2 nitrogen and oxygen atoms in total. The summed E-state index contributed by atoms with van der Waals surface area (Å²) in [6, 6.07) is 6.95. The molecule has 0 atom stereocenters. The minimum atomic E-state index is -0.159. The summed E-state index contributed by atoms with van der Waals surface area (Å²) in [6.45, 7) is 2.34. The van der Waals surface area contributed by atoms with Crippen molar-refractivity contribution in [3.63, 3.8) is 0 Å². The number of rotatable bonds is 2. The van der Waals surface area contributed by atoms with Crippen LogP contribution in [0.2, 0.25) is 0 Å². The lowest BCUT2D eigenvalue weighted by Gasteiger charge is -2.58. The van der Waals surface area contributed by atoms with Crippen molar-refractivity contribution in [2.45, 2.75) is 31.1 Å². The standard InChI is InChI=1S/C15H20FNO/c16-13-3-1-2-12(8-13)15(11-17)9-14(10-15)4-6-18-7-5-14/h1-3,8H,4-7,9-11,17H2. The molecule has 1 heterocycles. The Morgan fingerprint density at radius 3 is 2.56 bits per heavy atom. The fraction of sp³-hybridized carbons (Fsp3) is 0.600. The first-order chi connectivity index (χ1) is 8.68. The molecule has 1 saturated carbocycles. The molecule has 1 spiro atoms. The van der Waals surface area contributed by atoms with Crippen molar-refractivity contribution >= 4 is 0 Å². The number of hydrogen-bond acceptors (Lipinski definition) is 2. The molecular formula is C15H20FNO. The quantitative estimate of drug-likeness (QED) is 0.874. The molecule has 0 radical (unpaired) electrons. The average Bonchev–Trinajstić information content (AvgIpc) is 2.36. The van der Waals surface area contributed by atoms with E-state index in [2.05, 4.69) is 0 Å². The van der Waals surface area contributed by atoms with Crippen molar-refractivity contribution in [1.29, 1.82) is 0 Å². The largest absolute Gasteiger partial charge is 0.381 e. The van der Waals surface area contributed by atoms with E-state index in [0.29, 0.717) is 12.0 Å². The van der Waals surface area contributed by atoms with E-state index < -0.39 is 0 Å². The molecule has 2 fully saturated rings. The van der Waals surface area contributed by atoms with E-state index in [-0.39, 0.29) is 11.2 Å². The van der Waals surface area contributed by atoms with Gasteiger partial charge in [0, 0.05) is 25.2 Å². The number of benzene rings is 1. The maximum atomic E-state index is 13.4. The number of nitrogens with two attached hydrogens (primary N) is 1. The summed E-state index contributed by atoms with van der Waals surface area (Å²) in [6.07, 6.45) is 4.43. The molecule has 0 aromatic heterocycles. The van der Waals surface area contributed by atoms with Gasteiger partial charge in [0.05, 0.1) is 0 Å². The normalized spacial score (nSPS) is 24.8. The first-order valence-corrected chi connectivity index (χ1v) is 6.72. The van der Waals surface area contributed by atoms with Crippen LogP contribution in [0.5, 0.6) is 0 Å². The molecule has 3 rings (SSSR count). The minimum absolute atomic E-state index is 0.000556. The summed E-state index contributed by atoms with van der Waals surface area (Å²) in [7, 11) is 0. The van der Waals surface area contributed by atoms with Crippen LogP contribution >= 0.6 is 0 Å². The molecule has 2 aliphatic rings. The molecular weight excluding hydrogens is 229 g/mol. The topological polar surface area (TPSA) is 35.2 Å². The second kappa shape index (κ2) is 4.32. The fourth-order valence-corrected chi connectivity index (χ4v) is 3.83. The van der Waals surface area contributed by atoms with Gasteiger partial charge in [-0.1, -0.05) is 12.1 Å². The number of halogens is 1. The van der Waals surface area contributed by atoms with Crippen molar-refractivity contribution in [2.24, 2.45) is 11.1 Å². The van der Waals surface area contributed by atoms with Crippen molar-refractivity contribution in [2.75, 3.05) is 19.8 Å². The van der Waals surface area contributed by atoms with Gasteiger partial charge in [0.15, 0.2) is 0 Å². The van der Waals surface area contributed by atoms with Crippen molar-refractivity contribution in [3.8, 4) is 0 Å². The Hall–Kier alpha value is -0.930. The van der Waals surface area contributed by atoms with E-state index in [9.17, 15) is 4.39 Å². The Kier molecular flexibility index (Phi) is 2.91. The van der Waals surface area contributed by atoms with Crippen LogP contribution < -0.4 is 5.73 Å². The van der Waals surface area contributed by atoms with Gasteiger partial charge in [-0.15, -0.1) is 0 Å². The Morgan fingerprint density at radius 2 is 1.94 bits per heavy atom. The highest BCUT2D eigenvalue weighted by atomic mass is 19.1. The predicted molar refractivity (Wildman–Crippen MR) is 68.9 cm³/mol. The summed E-state index contributed by atoms with van der Waals surface area (Å²) in [4.78, 5) is 0. The second-order valence-corrected chi connectivity index (χ2v) is 5.96. The highest BCUT2D eigenvalue weighted by Crippen LogP contribution is 2.59. The third-order valence-corrected chi connectivity index (χ3v) is 4.81. The van der Waals surface area contributed by atoms with Gasteiger partial charge in [-0.2, -0.15) is 0 Å². The first kappa shape index (κ1) is 12.1. The maximum absolute atomic E-state index is 13.4. The third-order valence-electron chi connectivity index (χ3n) is 4.81. The van der Waals surface area contributed by atoms with Gasteiger partial charge in [-0.05, 0) is 48.8 Å². The van der Waals surface area contributed by atoms with Crippen LogP contribution in [0.4, 0.5) is 4.39 Å². The second-order valence-electron chi connectivity index (χ2n) is 5.96. The summed E-state index contributed by atoms with van der Waals surface area (Å²) in [5.41, 5.74) is 7.46. The van der Waals surface area contributed by atoms with Crippen LogP contribution in [0.25, 0.3) is 0 Å². The van der Waals surface area contributed by atoms with Crippen LogP contribution in [0.3, 0.4) is 0 Å². The van der Waals surface area contributed by atoms with E-state index in [1.165, 1.54) is 6.07 Å². The Balaban J connectivity index is 1.82. The average molecular weight is 249 g/mol. The van der Waals surface area contributed by atoms with Crippen LogP contribution in [0, 0.1) is 11.2 Å². The monoisotopic (exact) mass is 249 g/mol. The lowest BCUT2D eigenvalue weighted by Crippen LogP contribution is -2.55. The zero-order valence-corrected chi connectivity index (χ0v) is 10.6. The maximum Gasteiger partial charge on any atom is 0.123 e. The first-order valence-electron chi connectivity index (χ1n) is 6.72. The van der Waals surface area contributed by atoms with Crippen LogP contribution in [-0.4, -0.2) is 19.8 Å². The van der Waals surface area contributed by atoms with Gasteiger partial charge in [0.25, 0.3) is 0 Å². The smallest absolute Gasteiger partial charge is 0.123 e. The molecule has 0 unspecified atom stereocenters. The van der Waals surface area contributed by atoms with Gasteiger partial charge in [0.1, 0.15) is 5.82 Å². The van der Waals surface area contributed by atoms with E-state index >= 15 is 0 Å². The molecule has 0 amide bonds. The van der Waals surface area contributed by atoms with Crippen LogP contribution in [0.15, 0.2) is 24.3 Å². The van der Waals surface area contributed by atoms with Crippen LogP contribution in [-0.2, 0) is 10.2 Å². The molecule has 1 aliphatic heterocycles. The molecule has 1 aliphatic carbocycles. The molecule has 1 aromatic rings. The SMILES string of the molecule is NCC1(c2cccc(F)c2)CC2(CCOCC2)C1. The van der Waals surface area contributed by atoms with Crippen molar-refractivity contribution in [1.82, 2.24) is 0 Å². The fourth-order valence-electron chi connectivity index (χ4n) is 3.83.